The Hall–Kier alpha value is -13.1. The minimum Gasteiger partial charge on any atom is -0.341 e. The maximum Gasteiger partial charge on any atom is 0.255 e. The number of rotatable bonds is 24. The van der Waals surface area contributed by atoms with Crippen LogP contribution in [0.3, 0.4) is 0 Å². The predicted octanol–water partition coefficient (Wildman–Crippen LogP) is 14.1. The Labute approximate surface area is 866 Å². The first-order valence-electron chi connectivity index (χ1n) is 50.3. The number of carbonyl (C=O) groups excluding carboxylic acids is 8. The molecule has 0 aliphatic carbocycles. The smallest absolute Gasteiger partial charge is 0.255 e. The molecule has 12 aromatic rings. The van der Waals surface area contributed by atoms with Crippen molar-refractivity contribution in [1.82, 2.24) is 49.1 Å². The van der Waals surface area contributed by atoms with Gasteiger partial charge in [0.25, 0.3) is 23.6 Å². The highest BCUT2D eigenvalue weighted by molar-refractivity contribution is 7.90. The Kier molecular flexibility index (Phi) is 34.5. The molecule has 0 radical (unpaired) electrons. The van der Waals surface area contributed by atoms with E-state index in [1.54, 1.807) is 207 Å². The van der Waals surface area contributed by atoms with E-state index >= 15 is 0 Å². The van der Waals surface area contributed by atoms with E-state index < -0.39 is 51.2 Å². The number of likely N-dealkylation sites (tertiary alicyclic amines) is 4. The van der Waals surface area contributed by atoms with Crippen LogP contribution >= 0.6 is 0 Å². The van der Waals surface area contributed by atoms with Crippen LogP contribution < -0.4 is 62.3 Å². The molecule has 32 nitrogen and oxygen atoms in total. The number of hydrogen-bond donors (Lipinski definition) is 12. The third-order valence-electron chi connectivity index (χ3n) is 28.3. The van der Waals surface area contributed by atoms with Crippen LogP contribution in [0.1, 0.15) is 169 Å². The maximum atomic E-state index is 13.5. The third-order valence-corrected chi connectivity index (χ3v) is 34.6. The van der Waals surface area contributed by atoms with Gasteiger partial charge in [-0.05, 0) is 240 Å². The SMILES string of the molecule is Cc1ccccc1C(=O)Nc1cccc2c(S(=O)(=O)NC3CCN(C(=O)[C@@H]4CCCN4)CC3)cccc12.Cc1ccccc1C(=O)Nc1cccc2c(S(=O)(=O)NC3CCN(C(=O)[C@H]4CCCN4)CC3)cccc12.Cc1ccccc1C(=O)Nc1cccc2c(S(=O)(=O)N[C@@H]3CCN(C(=O)C(C)(C)N)C[C@H]3C)cccc12.Cc1ccccc1C(=O)Nc1cccc2c(S(=O)(=O)N[C@H]3CCN(C(=O)C(C)(C)N)C[C@@H]3C)cccc12. The topological polar surface area (TPSA) is 458 Å². The first-order valence-corrected chi connectivity index (χ1v) is 56.2. The van der Waals surface area contributed by atoms with Gasteiger partial charge >= 0.3 is 0 Å². The quantitative estimate of drug-likeness (QED) is 0.0267. The molecule has 14 N–H and O–H groups in total. The molecule has 36 heteroatoms. The lowest BCUT2D eigenvalue weighted by atomic mass is 9.93. The fraction of sp³-hybridized carbons (Fsp3) is 0.357. The number of hydrogen-bond acceptors (Lipinski definition) is 20. The molecule has 148 heavy (non-hydrogen) atoms. The number of benzene rings is 12. The Bertz CT molecular complexity index is 7060. The average molecular weight is 2090 g/mol. The van der Waals surface area contributed by atoms with Crippen molar-refractivity contribution in [2.75, 3.05) is 86.7 Å². The second kappa shape index (κ2) is 46.8. The van der Waals surface area contributed by atoms with E-state index in [1.807, 2.05) is 124 Å². The Morgan fingerprint density at radius 2 is 0.534 bits per heavy atom. The number of fused-ring (bicyclic) bond motifs is 4. The molecule has 6 saturated heterocycles. The molecule has 0 saturated carbocycles. The second-order valence-electron chi connectivity index (χ2n) is 40.4. The zero-order valence-corrected chi connectivity index (χ0v) is 88.2. The van der Waals surface area contributed by atoms with E-state index in [1.165, 1.54) is 0 Å². The summed E-state index contributed by atoms with van der Waals surface area (Å²) in [6.07, 6.45) is 7.00. The Morgan fingerprint density at radius 1 is 0.297 bits per heavy atom. The molecule has 780 valence electrons. The van der Waals surface area contributed by atoms with Crippen LogP contribution in [0, 0.1) is 39.5 Å². The summed E-state index contributed by atoms with van der Waals surface area (Å²) in [6.45, 7) is 23.6. The molecule has 12 aromatic carbocycles. The van der Waals surface area contributed by atoms with Gasteiger partial charge in [-0.15, -0.1) is 0 Å². The van der Waals surface area contributed by atoms with Gasteiger partial charge in [-0.3, -0.25) is 38.4 Å². The fourth-order valence-corrected chi connectivity index (χ4v) is 26.4. The summed E-state index contributed by atoms with van der Waals surface area (Å²) in [5, 5.41) is 22.9. The summed E-state index contributed by atoms with van der Waals surface area (Å²) < 4.78 is 119. The van der Waals surface area contributed by atoms with Crippen LogP contribution in [0.15, 0.2) is 262 Å². The van der Waals surface area contributed by atoms with Crippen LogP contribution in [0.5, 0.6) is 0 Å². The minimum atomic E-state index is -3.88. The van der Waals surface area contributed by atoms with Crippen molar-refractivity contribution < 1.29 is 72.0 Å². The number of anilines is 4. The second-order valence-corrected chi connectivity index (χ2v) is 47.1. The molecule has 0 aromatic heterocycles. The van der Waals surface area contributed by atoms with Crippen LogP contribution in [0.2, 0.25) is 0 Å². The first kappa shape index (κ1) is 109. The lowest BCUT2D eigenvalue weighted by Gasteiger charge is -2.39. The summed E-state index contributed by atoms with van der Waals surface area (Å²) >= 11 is 0. The highest BCUT2D eigenvalue weighted by Gasteiger charge is 2.41. The molecule has 8 amide bonds. The fourth-order valence-electron chi connectivity index (χ4n) is 20.2. The average Bonchev–Trinajstić information content (AvgIpc) is 0.909. The molecule has 0 unspecified atom stereocenters. The molecule has 6 aliphatic heterocycles. The lowest BCUT2D eigenvalue weighted by molar-refractivity contribution is -0.138. The molecular formula is C112H132N16O16S4. The van der Waals surface area contributed by atoms with Crippen LogP contribution in [0.4, 0.5) is 22.7 Å². The van der Waals surface area contributed by atoms with Gasteiger partial charge in [-0.2, -0.15) is 0 Å². The minimum absolute atomic E-state index is 0.0891. The summed E-state index contributed by atoms with van der Waals surface area (Å²) in [5.41, 5.74) is 17.9. The third kappa shape index (κ3) is 25.9. The molecule has 6 heterocycles. The largest absolute Gasteiger partial charge is 0.341 e. The molecule has 0 bridgehead atoms. The number of nitrogens with one attached hydrogen (secondary N) is 10. The van der Waals surface area contributed by atoms with Crippen molar-refractivity contribution in [3.05, 3.63) is 287 Å². The maximum absolute atomic E-state index is 13.5. The molecular weight excluding hydrogens is 1950 g/mol. The van der Waals surface area contributed by atoms with Crippen molar-refractivity contribution in [1.29, 1.82) is 0 Å². The van der Waals surface area contributed by atoms with E-state index in [4.69, 9.17) is 11.5 Å². The van der Waals surface area contributed by atoms with E-state index in [0.29, 0.717) is 179 Å². The van der Waals surface area contributed by atoms with E-state index in [0.717, 1.165) is 61.0 Å². The zero-order chi connectivity index (χ0) is 106. The van der Waals surface area contributed by atoms with Crippen LogP contribution in [0.25, 0.3) is 43.1 Å². The van der Waals surface area contributed by atoms with Crippen molar-refractivity contribution in [2.24, 2.45) is 23.3 Å². The first-order chi connectivity index (χ1) is 70.4. The lowest BCUT2D eigenvalue weighted by Crippen LogP contribution is -2.57. The molecule has 0 spiro atoms. The van der Waals surface area contributed by atoms with Gasteiger partial charge in [0.05, 0.1) is 42.7 Å². The van der Waals surface area contributed by atoms with E-state index in [2.05, 4.69) is 50.8 Å². The number of nitrogens with two attached hydrogens (primary N) is 2. The summed E-state index contributed by atoms with van der Waals surface area (Å²) in [5.74, 6) is -1.23. The molecule has 18 rings (SSSR count). The van der Waals surface area contributed by atoms with Gasteiger partial charge in [-0.25, -0.2) is 52.6 Å². The van der Waals surface area contributed by atoms with Crippen molar-refractivity contribution in [3.63, 3.8) is 0 Å². The van der Waals surface area contributed by atoms with Gasteiger partial charge in [-0.1, -0.05) is 184 Å². The molecule has 6 atom stereocenters. The van der Waals surface area contributed by atoms with Gasteiger partial charge in [0.1, 0.15) is 0 Å². The van der Waals surface area contributed by atoms with Crippen LogP contribution in [-0.4, -0.2) is 213 Å². The molecule has 6 aliphatic rings. The summed E-state index contributed by atoms with van der Waals surface area (Å²) in [7, 11) is -15.4. The van der Waals surface area contributed by atoms with E-state index in [-0.39, 0.29) is 115 Å². The number of aryl methyl sites for hydroxylation is 4. The Morgan fingerprint density at radius 3 is 0.770 bits per heavy atom. The monoisotopic (exact) mass is 2080 g/mol. The van der Waals surface area contributed by atoms with Gasteiger partial charge in [0, 0.05) is 165 Å². The number of carbonyl (C=O) groups is 8. The number of amides is 8. The normalized spacial score (nSPS) is 18.6. The Balaban J connectivity index is 0.000000148. The molecule has 6 fully saturated rings. The number of sulfonamides is 4. The standard InChI is InChI=1S/2C28H32N4O4S.2C28H34N4O4S/c2*1-19-7-2-3-8-21(19)27(33)30-24-11-4-10-23-22(24)9-5-13-26(23)37(35,36)31-20-14-17-32(18-15-20)28(34)25-12-6-16-29-25;2*1-18-9-5-6-10-20(18)26(33)30-24-13-7-12-22-21(24)11-8-14-25(22)37(35,36)31-23-15-16-32(17-19(23)2)27(34)28(3,4)29/h2*2-5,7-11,13,20,25,29,31H,6,12,14-18H2,1H3,(H,30,33);2*5-14,19,23,31H,15-17,29H2,1-4H3,(H,30,33)/t2*25-;2*19-,23-/m1010/s1. The van der Waals surface area contributed by atoms with Crippen molar-refractivity contribution >= 4 is 153 Å². The van der Waals surface area contributed by atoms with Gasteiger partial charge in [0.2, 0.25) is 63.7 Å². The van der Waals surface area contributed by atoms with E-state index in [9.17, 15) is 72.0 Å². The van der Waals surface area contributed by atoms with Crippen molar-refractivity contribution in [2.45, 2.75) is 200 Å². The summed E-state index contributed by atoms with van der Waals surface area (Å²) in [4.78, 5) is 110. The summed E-state index contributed by atoms with van der Waals surface area (Å²) in [6, 6.07) is 69.1. The number of piperidine rings is 4. The van der Waals surface area contributed by atoms with Gasteiger partial charge < -0.3 is 63.0 Å². The van der Waals surface area contributed by atoms with Gasteiger partial charge in [0.15, 0.2) is 0 Å². The highest BCUT2D eigenvalue weighted by Crippen LogP contribution is 2.38. The van der Waals surface area contributed by atoms with Crippen LogP contribution in [-0.2, 0) is 59.3 Å². The number of nitrogens with zero attached hydrogens (tertiary/aromatic N) is 4. The highest BCUT2D eigenvalue weighted by atomic mass is 32.2. The predicted molar refractivity (Wildman–Crippen MR) is 580 cm³/mol. The van der Waals surface area contributed by atoms with Crippen molar-refractivity contribution in [3.8, 4) is 0 Å². The zero-order valence-electron chi connectivity index (χ0n) is 85.0.